The molecule has 0 radical (unpaired) electrons. The first-order chi connectivity index (χ1) is 7.66. The van der Waals surface area contributed by atoms with Gasteiger partial charge in [0.1, 0.15) is 0 Å². The van der Waals surface area contributed by atoms with Crippen LogP contribution in [0.3, 0.4) is 0 Å². The molecule has 2 N–H and O–H groups in total. The Labute approximate surface area is 102 Å². The second-order valence-corrected chi connectivity index (χ2v) is 5.98. The summed E-state index contributed by atoms with van der Waals surface area (Å²) in [5.41, 5.74) is 6.08. The van der Waals surface area contributed by atoms with Gasteiger partial charge in [-0.05, 0) is 38.8 Å². The van der Waals surface area contributed by atoms with Crippen LogP contribution in [0.2, 0.25) is 0 Å². The van der Waals surface area contributed by atoms with E-state index in [4.69, 9.17) is 5.73 Å². The van der Waals surface area contributed by atoms with Crippen LogP contribution in [0, 0.1) is 12.8 Å². The van der Waals surface area contributed by atoms with E-state index < -0.39 is 0 Å². The van der Waals surface area contributed by atoms with Crippen molar-refractivity contribution in [3.63, 3.8) is 0 Å². The number of hydrogen-bond acceptors (Lipinski definition) is 2. The Morgan fingerprint density at radius 3 is 2.69 bits per heavy atom. The summed E-state index contributed by atoms with van der Waals surface area (Å²) in [5, 5.41) is 0. The van der Waals surface area contributed by atoms with Crippen molar-refractivity contribution in [3.05, 3.63) is 21.9 Å². The van der Waals surface area contributed by atoms with E-state index >= 15 is 0 Å². The van der Waals surface area contributed by atoms with Crippen LogP contribution in [0.15, 0.2) is 17.1 Å². The maximum atomic E-state index is 6.08. The smallest absolute Gasteiger partial charge is 0.0976 e. The molecule has 1 aliphatic rings. The van der Waals surface area contributed by atoms with Gasteiger partial charge in [0.05, 0.1) is 11.9 Å². The normalized spacial score (nSPS) is 20.2. The third-order valence-electron chi connectivity index (χ3n) is 3.29. The number of amidine groups is 1. The highest BCUT2D eigenvalue weighted by Crippen LogP contribution is 2.28. The van der Waals surface area contributed by atoms with Crippen molar-refractivity contribution in [1.29, 1.82) is 0 Å². The molecule has 0 amide bonds. The maximum Gasteiger partial charge on any atom is 0.0976 e. The van der Waals surface area contributed by atoms with E-state index in [-0.39, 0.29) is 6.04 Å². The van der Waals surface area contributed by atoms with Gasteiger partial charge in [0.25, 0.3) is 0 Å². The lowest BCUT2D eigenvalue weighted by atomic mass is 10.1. The Bertz CT molecular complexity index is 375. The molecule has 2 rings (SSSR count). The quantitative estimate of drug-likeness (QED) is 0.631. The van der Waals surface area contributed by atoms with Crippen molar-refractivity contribution in [2.45, 2.75) is 45.6 Å². The van der Waals surface area contributed by atoms with Gasteiger partial charge < -0.3 is 5.73 Å². The second-order valence-electron chi connectivity index (χ2n) is 4.66. The molecule has 1 aromatic rings. The topological polar surface area (TPSA) is 38.4 Å². The predicted molar refractivity (Wildman–Crippen MR) is 71.1 cm³/mol. The van der Waals surface area contributed by atoms with Gasteiger partial charge in [-0.25, -0.2) is 0 Å². The molecular weight excluding hydrogens is 216 g/mol. The van der Waals surface area contributed by atoms with E-state index in [9.17, 15) is 0 Å². The van der Waals surface area contributed by atoms with E-state index in [2.05, 4.69) is 31.0 Å². The summed E-state index contributed by atoms with van der Waals surface area (Å²) in [6.07, 6.45) is 5.08. The number of nitrogens with zero attached hydrogens (tertiary/aromatic N) is 1. The molecule has 3 heteroatoms. The largest absolute Gasteiger partial charge is 0.387 e. The van der Waals surface area contributed by atoms with Crippen molar-refractivity contribution >= 4 is 17.2 Å². The van der Waals surface area contributed by atoms with E-state index in [1.165, 1.54) is 35.4 Å². The molecule has 0 aliphatic heterocycles. The first-order valence-electron chi connectivity index (χ1n) is 6.06. The lowest BCUT2D eigenvalue weighted by molar-refractivity contribution is 0.702. The van der Waals surface area contributed by atoms with E-state index in [1.807, 2.05) is 11.3 Å². The van der Waals surface area contributed by atoms with Gasteiger partial charge >= 0.3 is 0 Å². The van der Waals surface area contributed by atoms with Gasteiger partial charge in [0.15, 0.2) is 0 Å². The van der Waals surface area contributed by atoms with Crippen molar-refractivity contribution in [2.24, 2.45) is 16.6 Å². The predicted octanol–water partition coefficient (Wildman–Crippen LogP) is 3.66. The minimum Gasteiger partial charge on any atom is -0.387 e. The standard InChI is InChI=1S/C13H20N2S/c1-9-7-8-12(16-9)10(2)15-13(14)11-5-3-4-6-11/h7-8,10-11H,3-6H2,1-2H3,(H2,14,15). The van der Waals surface area contributed by atoms with Gasteiger partial charge in [-0.3, -0.25) is 4.99 Å². The van der Waals surface area contributed by atoms with Gasteiger partial charge in [0.2, 0.25) is 0 Å². The number of nitrogens with two attached hydrogens (primary N) is 1. The molecule has 88 valence electrons. The van der Waals surface area contributed by atoms with Crippen LogP contribution in [0.1, 0.15) is 48.4 Å². The minimum atomic E-state index is 0.222. The Hall–Kier alpha value is -0.830. The molecule has 1 aliphatic carbocycles. The van der Waals surface area contributed by atoms with Crippen LogP contribution in [-0.2, 0) is 0 Å². The van der Waals surface area contributed by atoms with Crippen molar-refractivity contribution in [3.8, 4) is 0 Å². The highest BCUT2D eigenvalue weighted by molar-refractivity contribution is 7.12. The lowest BCUT2D eigenvalue weighted by Crippen LogP contribution is -2.22. The molecule has 1 unspecified atom stereocenters. The molecule has 1 heterocycles. The van der Waals surface area contributed by atoms with Crippen LogP contribution >= 0.6 is 11.3 Å². The molecule has 1 atom stereocenters. The monoisotopic (exact) mass is 236 g/mol. The van der Waals surface area contributed by atoms with E-state index in [0.717, 1.165) is 5.84 Å². The fraction of sp³-hybridized carbons (Fsp3) is 0.615. The van der Waals surface area contributed by atoms with Gasteiger partial charge in [0, 0.05) is 15.7 Å². The third-order valence-corrected chi connectivity index (χ3v) is 4.46. The zero-order valence-electron chi connectivity index (χ0n) is 10.1. The molecule has 16 heavy (non-hydrogen) atoms. The number of aliphatic imine (C=N–C) groups is 1. The molecule has 0 saturated heterocycles. The average Bonchev–Trinajstić information content (AvgIpc) is 2.87. The zero-order chi connectivity index (χ0) is 11.5. The van der Waals surface area contributed by atoms with Gasteiger partial charge in [-0.1, -0.05) is 12.8 Å². The zero-order valence-corrected chi connectivity index (χ0v) is 10.9. The van der Waals surface area contributed by atoms with Crippen LogP contribution in [0.5, 0.6) is 0 Å². The Kier molecular flexibility index (Phi) is 3.64. The fourth-order valence-electron chi connectivity index (χ4n) is 2.29. The maximum absolute atomic E-state index is 6.08. The summed E-state index contributed by atoms with van der Waals surface area (Å²) in [4.78, 5) is 7.31. The average molecular weight is 236 g/mol. The van der Waals surface area contributed by atoms with Crippen molar-refractivity contribution < 1.29 is 0 Å². The Morgan fingerprint density at radius 2 is 2.12 bits per heavy atom. The van der Waals surface area contributed by atoms with Gasteiger partial charge in [-0.15, -0.1) is 11.3 Å². The first-order valence-corrected chi connectivity index (χ1v) is 6.88. The minimum absolute atomic E-state index is 0.222. The SMILES string of the molecule is Cc1ccc(C(C)N=C(N)C2CCCC2)s1. The lowest BCUT2D eigenvalue weighted by Gasteiger charge is -2.11. The van der Waals surface area contributed by atoms with Crippen LogP contribution in [-0.4, -0.2) is 5.84 Å². The number of rotatable bonds is 3. The van der Waals surface area contributed by atoms with Gasteiger partial charge in [-0.2, -0.15) is 0 Å². The number of aryl methyl sites for hydroxylation is 1. The summed E-state index contributed by atoms with van der Waals surface area (Å²) in [5.74, 6) is 1.42. The molecular formula is C13H20N2S. The summed E-state index contributed by atoms with van der Waals surface area (Å²) in [6.45, 7) is 4.26. The molecule has 0 aromatic carbocycles. The van der Waals surface area contributed by atoms with Crippen LogP contribution in [0.25, 0.3) is 0 Å². The molecule has 2 nitrogen and oxygen atoms in total. The summed E-state index contributed by atoms with van der Waals surface area (Å²) < 4.78 is 0. The number of hydrogen-bond donors (Lipinski definition) is 1. The first kappa shape index (κ1) is 11.6. The van der Waals surface area contributed by atoms with Crippen molar-refractivity contribution in [2.75, 3.05) is 0 Å². The molecule has 0 bridgehead atoms. The highest BCUT2D eigenvalue weighted by Gasteiger charge is 2.19. The Balaban J connectivity index is 2.04. The van der Waals surface area contributed by atoms with Crippen molar-refractivity contribution in [1.82, 2.24) is 0 Å². The van der Waals surface area contributed by atoms with Crippen LogP contribution in [0.4, 0.5) is 0 Å². The summed E-state index contributed by atoms with van der Waals surface area (Å²) >= 11 is 1.82. The second kappa shape index (κ2) is 5.00. The Morgan fingerprint density at radius 1 is 1.44 bits per heavy atom. The fourth-order valence-corrected chi connectivity index (χ4v) is 3.16. The molecule has 1 aromatic heterocycles. The summed E-state index contributed by atoms with van der Waals surface area (Å²) in [6, 6.07) is 4.53. The molecule has 1 fully saturated rings. The highest BCUT2D eigenvalue weighted by atomic mass is 32.1. The van der Waals surface area contributed by atoms with E-state index in [0.29, 0.717) is 5.92 Å². The van der Waals surface area contributed by atoms with Crippen LogP contribution < -0.4 is 5.73 Å². The van der Waals surface area contributed by atoms with E-state index in [1.54, 1.807) is 0 Å². The summed E-state index contributed by atoms with van der Waals surface area (Å²) in [7, 11) is 0. The molecule has 0 spiro atoms. The number of thiophene rings is 1. The third kappa shape index (κ3) is 2.64. The molecule has 1 saturated carbocycles.